The smallest absolute Gasteiger partial charge is 0.444 e. The lowest BCUT2D eigenvalue weighted by molar-refractivity contribution is -0.870. The zero-order valence-corrected chi connectivity index (χ0v) is 27.4. The van der Waals surface area contributed by atoms with Crippen molar-refractivity contribution >= 4 is 13.9 Å². The molecule has 0 aromatic carbocycles. The fraction of sp³-hybridized carbons (Fsp3) is 0.967. The molecule has 0 saturated heterocycles. The standard InChI is InChI=1S/C30H63N2O6P/c1-7-8-9-10-11-12-13-14-15-16-17-18-19-20-21-22-23-24-25-29(38-30(33)31(2)3)28-37-39(34,35)36-27-26-32(4,5)6/h29H,7-28H2,1-6H3/p+1. The van der Waals surface area contributed by atoms with Gasteiger partial charge in [-0.2, -0.15) is 0 Å². The molecule has 234 valence electrons. The summed E-state index contributed by atoms with van der Waals surface area (Å²) in [4.78, 5) is 23.4. The van der Waals surface area contributed by atoms with Crippen LogP contribution in [0.1, 0.15) is 129 Å². The van der Waals surface area contributed by atoms with Gasteiger partial charge in [0.25, 0.3) is 0 Å². The molecule has 0 bridgehead atoms. The number of amides is 1. The first-order chi connectivity index (χ1) is 18.5. The maximum absolute atomic E-state index is 12.2. The summed E-state index contributed by atoms with van der Waals surface area (Å²) in [6.07, 6.45) is 23.1. The Hall–Kier alpha value is -0.660. The molecule has 0 heterocycles. The first-order valence-corrected chi connectivity index (χ1v) is 17.3. The van der Waals surface area contributed by atoms with Crippen LogP contribution >= 0.6 is 7.82 Å². The quantitative estimate of drug-likeness (QED) is 0.0598. The van der Waals surface area contributed by atoms with Crippen molar-refractivity contribution in [2.24, 2.45) is 0 Å². The molecule has 0 rings (SSSR count). The van der Waals surface area contributed by atoms with Crippen LogP contribution in [0.4, 0.5) is 4.79 Å². The maximum atomic E-state index is 12.2. The average molecular weight is 580 g/mol. The summed E-state index contributed by atoms with van der Waals surface area (Å²) >= 11 is 0. The Bertz CT molecular complexity index is 627. The molecule has 1 N–H and O–H groups in total. The van der Waals surface area contributed by atoms with Crippen molar-refractivity contribution in [3.8, 4) is 0 Å². The molecule has 0 spiro atoms. The predicted octanol–water partition coefficient (Wildman–Crippen LogP) is 8.32. The van der Waals surface area contributed by atoms with Crippen molar-refractivity contribution in [1.29, 1.82) is 0 Å². The van der Waals surface area contributed by atoms with Gasteiger partial charge in [-0.25, -0.2) is 9.36 Å². The summed E-state index contributed by atoms with van der Waals surface area (Å²) < 4.78 is 28.5. The van der Waals surface area contributed by atoms with Crippen LogP contribution in [0.3, 0.4) is 0 Å². The molecule has 0 fully saturated rings. The highest BCUT2D eigenvalue weighted by Crippen LogP contribution is 2.43. The van der Waals surface area contributed by atoms with Crippen molar-refractivity contribution in [2.75, 3.05) is 55.0 Å². The van der Waals surface area contributed by atoms with Crippen LogP contribution in [0.5, 0.6) is 0 Å². The van der Waals surface area contributed by atoms with E-state index >= 15 is 0 Å². The third kappa shape index (κ3) is 27.3. The van der Waals surface area contributed by atoms with E-state index < -0.39 is 20.0 Å². The normalized spacial score (nSPS) is 14.2. The van der Waals surface area contributed by atoms with Crippen LogP contribution in [0, 0.1) is 0 Å². The maximum Gasteiger partial charge on any atom is 0.472 e. The second kappa shape index (κ2) is 24.0. The number of rotatable bonds is 27. The van der Waals surface area contributed by atoms with E-state index in [1.807, 2.05) is 21.1 Å². The topological polar surface area (TPSA) is 85.3 Å². The number of ether oxygens (including phenoxy) is 1. The van der Waals surface area contributed by atoms with Gasteiger partial charge >= 0.3 is 13.9 Å². The van der Waals surface area contributed by atoms with E-state index in [0.717, 1.165) is 19.3 Å². The second-order valence-corrected chi connectivity index (χ2v) is 13.8. The molecule has 1 amide bonds. The summed E-state index contributed by atoms with van der Waals surface area (Å²) in [5.74, 6) is 0. The van der Waals surface area contributed by atoms with Crippen LogP contribution in [-0.4, -0.2) is 81.5 Å². The molecule has 0 aliphatic rings. The van der Waals surface area contributed by atoms with E-state index in [0.29, 0.717) is 17.4 Å². The lowest BCUT2D eigenvalue weighted by Crippen LogP contribution is -2.37. The first kappa shape index (κ1) is 38.3. The van der Waals surface area contributed by atoms with Gasteiger partial charge in [0.05, 0.1) is 27.7 Å². The molecule has 2 atom stereocenters. The number of likely N-dealkylation sites (N-methyl/N-ethyl adjacent to an activating group) is 1. The van der Waals surface area contributed by atoms with Gasteiger partial charge in [-0.15, -0.1) is 0 Å². The summed E-state index contributed by atoms with van der Waals surface area (Å²) in [5.41, 5.74) is 0. The van der Waals surface area contributed by atoms with Gasteiger partial charge in [-0.1, -0.05) is 116 Å². The van der Waals surface area contributed by atoms with E-state index in [-0.39, 0.29) is 13.2 Å². The Morgan fingerprint density at radius 3 is 1.54 bits per heavy atom. The Balaban J connectivity index is 3.91. The minimum absolute atomic E-state index is 0.110. The van der Waals surface area contributed by atoms with Crippen LogP contribution < -0.4 is 0 Å². The fourth-order valence-corrected chi connectivity index (χ4v) is 5.08. The first-order valence-electron chi connectivity index (χ1n) is 15.8. The molecule has 8 nitrogen and oxygen atoms in total. The predicted molar refractivity (Wildman–Crippen MR) is 162 cm³/mol. The van der Waals surface area contributed by atoms with Crippen LogP contribution in [0.2, 0.25) is 0 Å². The third-order valence-corrected chi connectivity index (χ3v) is 7.94. The number of carbonyl (C=O) groups excluding carboxylic acids is 1. The molecule has 0 saturated carbocycles. The minimum atomic E-state index is -4.19. The lowest BCUT2D eigenvalue weighted by Gasteiger charge is -2.24. The molecule has 0 aromatic rings. The van der Waals surface area contributed by atoms with Crippen LogP contribution in [0.15, 0.2) is 0 Å². The minimum Gasteiger partial charge on any atom is -0.444 e. The van der Waals surface area contributed by atoms with E-state index in [2.05, 4.69) is 6.92 Å². The number of unbranched alkanes of at least 4 members (excludes halogenated alkanes) is 17. The van der Waals surface area contributed by atoms with Gasteiger partial charge in [0, 0.05) is 14.1 Å². The SMILES string of the molecule is CCCCCCCCCCCCCCCCCCCCC(COP(=O)(O)OCC[N+](C)(C)C)OC(=O)N(C)C. The van der Waals surface area contributed by atoms with Gasteiger partial charge in [0.15, 0.2) is 0 Å². The molecular weight excluding hydrogens is 515 g/mol. The fourth-order valence-electron chi connectivity index (χ4n) is 4.34. The van der Waals surface area contributed by atoms with Gasteiger partial charge in [-0.3, -0.25) is 9.05 Å². The molecule has 0 aliphatic carbocycles. The highest BCUT2D eigenvalue weighted by Gasteiger charge is 2.26. The van der Waals surface area contributed by atoms with Crippen molar-refractivity contribution in [2.45, 2.75) is 135 Å². The number of phosphoric acid groups is 1. The number of phosphoric ester groups is 1. The Morgan fingerprint density at radius 2 is 1.15 bits per heavy atom. The van der Waals surface area contributed by atoms with E-state index in [4.69, 9.17) is 13.8 Å². The van der Waals surface area contributed by atoms with Crippen molar-refractivity contribution in [1.82, 2.24) is 4.90 Å². The van der Waals surface area contributed by atoms with Gasteiger partial charge < -0.3 is 19.0 Å². The zero-order valence-electron chi connectivity index (χ0n) is 26.5. The molecule has 9 heteroatoms. The number of hydrogen-bond acceptors (Lipinski definition) is 5. The largest absolute Gasteiger partial charge is 0.472 e. The van der Waals surface area contributed by atoms with Gasteiger partial charge in [0.2, 0.25) is 0 Å². The van der Waals surface area contributed by atoms with Crippen molar-refractivity contribution in [3.05, 3.63) is 0 Å². The highest BCUT2D eigenvalue weighted by molar-refractivity contribution is 7.47. The Labute approximate surface area is 241 Å². The number of quaternary nitrogens is 1. The third-order valence-electron chi connectivity index (χ3n) is 6.95. The van der Waals surface area contributed by atoms with Gasteiger partial charge in [0.1, 0.15) is 19.3 Å². The summed E-state index contributed by atoms with van der Waals surface area (Å²) in [6.45, 7) is 2.80. The molecule has 2 unspecified atom stereocenters. The van der Waals surface area contributed by atoms with Crippen molar-refractivity contribution in [3.63, 3.8) is 0 Å². The van der Waals surface area contributed by atoms with E-state index in [9.17, 15) is 14.3 Å². The summed E-state index contributed by atoms with van der Waals surface area (Å²) in [5, 5.41) is 0. The van der Waals surface area contributed by atoms with Gasteiger partial charge in [-0.05, 0) is 12.8 Å². The summed E-state index contributed by atoms with van der Waals surface area (Å²) in [7, 11) is 4.96. The Morgan fingerprint density at radius 1 is 0.744 bits per heavy atom. The molecule has 39 heavy (non-hydrogen) atoms. The Kier molecular flexibility index (Phi) is 23.6. The number of carbonyl (C=O) groups is 1. The molecule has 0 radical (unpaired) electrons. The molecule has 0 aliphatic heterocycles. The zero-order chi connectivity index (χ0) is 29.4. The highest BCUT2D eigenvalue weighted by atomic mass is 31.2. The monoisotopic (exact) mass is 579 g/mol. The number of nitrogens with zero attached hydrogens (tertiary/aromatic N) is 2. The molecule has 0 aromatic heterocycles. The molecular formula is C30H64N2O6P+. The second-order valence-electron chi connectivity index (χ2n) is 12.3. The van der Waals surface area contributed by atoms with E-state index in [1.54, 1.807) is 14.1 Å². The average Bonchev–Trinajstić information content (AvgIpc) is 2.85. The van der Waals surface area contributed by atoms with Crippen LogP contribution in [-0.2, 0) is 18.3 Å². The van der Waals surface area contributed by atoms with Crippen molar-refractivity contribution < 1.29 is 32.5 Å². The lowest BCUT2D eigenvalue weighted by atomic mass is 10.0. The number of hydrogen-bond donors (Lipinski definition) is 1. The summed E-state index contributed by atoms with van der Waals surface area (Å²) in [6, 6.07) is 0. The van der Waals surface area contributed by atoms with Crippen LogP contribution in [0.25, 0.3) is 0 Å². The van der Waals surface area contributed by atoms with E-state index in [1.165, 1.54) is 101 Å².